The fourth-order valence-electron chi connectivity index (χ4n) is 2.38. The molecule has 2 heterocycles. The summed E-state index contributed by atoms with van der Waals surface area (Å²) < 4.78 is 10.9. The van der Waals surface area contributed by atoms with Gasteiger partial charge in [0.15, 0.2) is 0 Å². The summed E-state index contributed by atoms with van der Waals surface area (Å²) in [5.41, 5.74) is 0.744. The molecule has 0 N–H and O–H groups in total. The molecule has 0 aliphatic heterocycles. The lowest BCUT2D eigenvalue weighted by molar-refractivity contribution is -0.154. The number of carbonyl (C=O) groups is 1. The van der Waals surface area contributed by atoms with E-state index in [1.165, 1.54) is 0 Å². The first-order valence-corrected chi connectivity index (χ1v) is 7.29. The number of rotatable bonds is 4. The van der Waals surface area contributed by atoms with Crippen molar-refractivity contribution in [2.75, 3.05) is 6.61 Å². The lowest BCUT2D eigenvalue weighted by Gasteiger charge is -2.33. The van der Waals surface area contributed by atoms with Gasteiger partial charge in [0.2, 0.25) is 5.88 Å². The van der Waals surface area contributed by atoms with Gasteiger partial charge in [-0.3, -0.25) is 9.78 Å². The number of aromatic nitrogens is 2. The molecular weight excluding hydrogens is 292 g/mol. The van der Waals surface area contributed by atoms with Crippen molar-refractivity contribution >= 4 is 28.5 Å². The van der Waals surface area contributed by atoms with Crippen LogP contribution in [-0.2, 0) is 9.53 Å². The highest BCUT2D eigenvalue weighted by Crippen LogP contribution is 2.34. The van der Waals surface area contributed by atoms with E-state index in [0.717, 1.165) is 10.9 Å². The zero-order chi connectivity index (χ0) is 14.8. The van der Waals surface area contributed by atoms with Gasteiger partial charge >= 0.3 is 5.97 Å². The number of fused-ring (bicyclic) bond motifs is 1. The molecule has 0 spiro atoms. The van der Waals surface area contributed by atoms with E-state index >= 15 is 0 Å². The number of hydrogen-bond donors (Lipinski definition) is 0. The molecule has 1 saturated carbocycles. The van der Waals surface area contributed by atoms with Crippen LogP contribution in [0.5, 0.6) is 5.88 Å². The highest BCUT2D eigenvalue weighted by atomic mass is 35.5. The highest BCUT2D eigenvalue weighted by Gasteiger charge is 2.37. The van der Waals surface area contributed by atoms with Crippen molar-refractivity contribution in [3.05, 3.63) is 29.5 Å². The number of pyridine rings is 2. The molecule has 0 amide bonds. The van der Waals surface area contributed by atoms with Crippen LogP contribution < -0.4 is 4.74 Å². The summed E-state index contributed by atoms with van der Waals surface area (Å²) in [7, 11) is 0. The molecule has 2 aromatic rings. The fourth-order valence-corrected chi connectivity index (χ4v) is 2.56. The minimum Gasteiger partial charge on any atom is -0.474 e. The van der Waals surface area contributed by atoms with Crippen LogP contribution in [0.15, 0.2) is 24.4 Å². The van der Waals surface area contributed by atoms with E-state index in [9.17, 15) is 4.79 Å². The predicted molar refractivity (Wildman–Crippen MR) is 78.3 cm³/mol. The molecule has 0 bridgehead atoms. The average Bonchev–Trinajstić information content (AvgIpc) is 2.42. The van der Waals surface area contributed by atoms with Crippen LogP contribution in [0.3, 0.4) is 0 Å². The SMILES string of the molecule is CCOC(=O)C1CC(Oc2nc(Cl)cc3ncccc23)C1. The maximum Gasteiger partial charge on any atom is 0.309 e. The Morgan fingerprint density at radius 2 is 2.29 bits per heavy atom. The zero-order valence-electron chi connectivity index (χ0n) is 11.6. The molecule has 21 heavy (non-hydrogen) atoms. The van der Waals surface area contributed by atoms with Crippen LogP contribution >= 0.6 is 11.6 Å². The van der Waals surface area contributed by atoms with Crippen LogP contribution in [-0.4, -0.2) is 28.6 Å². The first-order chi connectivity index (χ1) is 10.2. The number of ether oxygens (including phenoxy) is 2. The summed E-state index contributed by atoms with van der Waals surface area (Å²) in [4.78, 5) is 20.0. The highest BCUT2D eigenvalue weighted by molar-refractivity contribution is 6.30. The van der Waals surface area contributed by atoms with Crippen molar-refractivity contribution in [2.45, 2.75) is 25.9 Å². The van der Waals surface area contributed by atoms with Gasteiger partial charge in [-0.25, -0.2) is 4.98 Å². The van der Waals surface area contributed by atoms with Gasteiger partial charge in [-0.15, -0.1) is 0 Å². The van der Waals surface area contributed by atoms with Gasteiger partial charge in [0, 0.05) is 12.3 Å². The van der Waals surface area contributed by atoms with E-state index in [0.29, 0.717) is 30.5 Å². The summed E-state index contributed by atoms with van der Waals surface area (Å²) in [5.74, 6) is 0.249. The number of carbonyl (C=O) groups excluding carboxylic acids is 1. The fraction of sp³-hybridized carbons (Fsp3) is 0.400. The Kier molecular flexibility index (Phi) is 3.92. The topological polar surface area (TPSA) is 61.3 Å². The molecular formula is C15H15ClN2O3. The first kappa shape index (κ1) is 14.1. The lowest BCUT2D eigenvalue weighted by Crippen LogP contribution is -2.39. The van der Waals surface area contributed by atoms with Crippen molar-refractivity contribution < 1.29 is 14.3 Å². The van der Waals surface area contributed by atoms with E-state index < -0.39 is 0 Å². The standard InChI is InChI=1S/C15H15ClN2O3/c1-2-20-15(19)9-6-10(7-9)21-14-11-4-3-5-17-12(11)8-13(16)18-14/h3-5,8-10H,2,6-7H2,1H3. The third-order valence-corrected chi connectivity index (χ3v) is 3.72. The molecule has 110 valence electrons. The molecule has 0 radical (unpaired) electrons. The summed E-state index contributed by atoms with van der Waals surface area (Å²) in [6.07, 6.45) is 2.96. The van der Waals surface area contributed by atoms with E-state index in [-0.39, 0.29) is 18.0 Å². The van der Waals surface area contributed by atoms with Crippen LogP contribution in [0.1, 0.15) is 19.8 Å². The second-order valence-corrected chi connectivity index (χ2v) is 5.37. The van der Waals surface area contributed by atoms with Crippen LogP contribution in [0.2, 0.25) is 5.15 Å². The van der Waals surface area contributed by atoms with E-state index in [1.807, 2.05) is 12.1 Å². The van der Waals surface area contributed by atoms with Gasteiger partial charge in [0.05, 0.1) is 23.4 Å². The van der Waals surface area contributed by atoms with Crippen LogP contribution in [0.4, 0.5) is 0 Å². The summed E-state index contributed by atoms with van der Waals surface area (Å²) in [6.45, 7) is 2.21. The van der Waals surface area contributed by atoms with Gasteiger partial charge < -0.3 is 9.47 Å². The minimum atomic E-state index is -0.150. The summed E-state index contributed by atoms with van der Waals surface area (Å²) in [5, 5.41) is 1.17. The average molecular weight is 307 g/mol. The molecule has 2 aromatic heterocycles. The van der Waals surface area contributed by atoms with E-state index in [4.69, 9.17) is 21.1 Å². The Labute approximate surface area is 127 Å². The number of nitrogens with zero attached hydrogens (tertiary/aromatic N) is 2. The van der Waals surface area contributed by atoms with Gasteiger partial charge in [-0.05, 0) is 31.9 Å². The second kappa shape index (κ2) is 5.85. The van der Waals surface area contributed by atoms with Gasteiger partial charge in [-0.1, -0.05) is 11.6 Å². The second-order valence-electron chi connectivity index (χ2n) is 4.98. The third-order valence-electron chi connectivity index (χ3n) is 3.53. The smallest absolute Gasteiger partial charge is 0.309 e. The number of hydrogen-bond acceptors (Lipinski definition) is 5. The Balaban J connectivity index is 1.71. The monoisotopic (exact) mass is 306 g/mol. The largest absolute Gasteiger partial charge is 0.474 e. The van der Waals surface area contributed by atoms with Crippen molar-refractivity contribution in [1.29, 1.82) is 0 Å². The molecule has 0 unspecified atom stereocenters. The zero-order valence-corrected chi connectivity index (χ0v) is 12.3. The van der Waals surface area contributed by atoms with Crippen molar-refractivity contribution in [3.63, 3.8) is 0 Å². The number of esters is 1. The third kappa shape index (κ3) is 2.93. The number of halogens is 1. The first-order valence-electron chi connectivity index (χ1n) is 6.92. The normalized spacial score (nSPS) is 20.9. The van der Waals surface area contributed by atoms with E-state index in [1.54, 1.807) is 19.2 Å². The van der Waals surface area contributed by atoms with Crippen LogP contribution in [0, 0.1) is 5.92 Å². The molecule has 1 aliphatic rings. The van der Waals surface area contributed by atoms with Gasteiger partial charge in [-0.2, -0.15) is 0 Å². The Hall–Kier alpha value is -1.88. The van der Waals surface area contributed by atoms with Gasteiger partial charge in [0.1, 0.15) is 11.3 Å². The summed E-state index contributed by atoms with van der Waals surface area (Å²) >= 11 is 5.98. The molecule has 0 aromatic carbocycles. The molecule has 0 saturated heterocycles. The van der Waals surface area contributed by atoms with Gasteiger partial charge in [0.25, 0.3) is 0 Å². The molecule has 0 atom stereocenters. The maximum atomic E-state index is 11.6. The molecule has 1 aliphatic carbocycles. The predicted octanol–water partition coefficient (Wildman–Crippen LogP) is 3.00. The molecule has 6 heteroatoms. The summed E-state index contributed by atoms with van der Waals surface area (Å²) in [6, 6.07) is 5.42. The molecule has 3 rings (SSSR count). The van der Waals surface area contributed by atoms with Crippen molar-refractivity contribution in [2.24, 2.45) is 5.92 Å². The van der Waals surface area contributed by atoms with Crippen molar-refractivity contribution in [3.8, 4) is 5.88 Å². The Bertz CT molecular complexity index is 671. The Morgan fingerprint density at radius 1 is 1.48 bits per heavy atom. The van der Waals surface area contributed by atoms with Crippen molar-refractivity contribution in [1.82, 2.24) is 9.97 Å². The Morgan fingerprint density at radius 3 is 3.05 bits per heavy atom. The quantitative estimate of drug-likeness (QED) is 0.642. The van der Waals surface area contributed by atoms with E-state index in [2.05, 4.69) is 9.97 Å². The lowest BCUT2D eigenvalue weighted by atomic mass is 9.82. The molecule has 5 nitrogen and oxygen atoms in total. The molecule has 1 fully saturated rings. The minimum absolute atomic E-state index is 0.0335. The van der Waals surface area contributed by atoms with Crippen LogP contribution in [0.25, 0.3) is 10.9 Å². The maximum absolute atomic E-state index is 11.6.